The molecule has 5 nitrogen and oxygen atoms in total. The van der Waals surface area contributed by atoms with Crippen LogP contribution >= 0.6 is 0 Å². The Bertz CT molecular complexity index is 529. The Morgan fingerprint density at radius 2 is 1.11 bits per heavy atom. The lowest BCUT2D eigenvalue weighted by atomic mass is 9.95. The van der Waals surface area contributed by atoms with E-state index in [1.54, 1.807) is 0 Å². The lowest BCUT2D eigenvalue weighted by Crippen LogP contribution is -2.45. The third kappa shape index (κ3) is 26.0. The second kappa shape index (κ2) is 23.0. The SMILES string of the molecule is CCCCCCCCCC(C)CCCCCCCCCCCCC(=O)OC(CC(=O)[O-])C[N+](C)(C)C. The van der Waals surface area contributed by atoms with Crippen molar-refractivity contribution < 1.29 is 23.9 Å². The molecule has 0 aliphatic carbocycles. The maximum Gasteiger partial charge on any atom is 0.306 e. The number of carbonyl (C=O) groups is 2. The molecule has 0 rings (SSSR count). The van der Waals surface area contributed by atoms with Gasteiger partial charge in [0.15, 0.2) is 6.10 Å². The molecular weight excluding hydrogens is 450 g/mol. The maximum atomic E-state index is 12.1. The summed E-state index contributed by atoms with van der Waals surface area (Å²) in [6, 6.07) is 0. The zero-order valence-electron chi connectivity index (χ0n) is 24.8. The van der Waals surface area contributed by atoms with Gasteiger partial charge in [-0.15, -0.1) is 0 Å². The summed E-state index contributed by atoms with van der Waals surface area (Å²) in [6.45, 7) is 5.19. The van der Waals surface area contributed by atoms with Gasteiger partial charge in [-0.2, -0.15) is 0 Å². The Kier molecular flexibility index (Phi) is 22.3. The van der Waals surface area contributed by atoms with Gasteiger partial charge in [0.05, 0.1) is 21.1 Å². The molecule has 0 amide bonds. The van der Waals surface area contributed by atoms with E-state index in [4.69, 9.17) is 4.74 Å². The first kappa shape index (κ1) is 34.9. The number of quaternary nitrogens is 1. The topological polar surface area (TPSA) is 66.4 Å². The highest BCUT2D eigenvalue weighted by molar-refractivity contribution is 5.70. The lowest BCUT2D eigenvalue weighted by molar-refractivity contribution is -0.873. The minimum absolute atomic E-state index is 0.237. The summed E-state index contributed by atoms with van der Waals surface area (Å²) in [5.74, 6) is -0.559. The van der Waals surface area contributed by atoms with E-state index < -0.39 is 12.1 Å². The normalized spacial score (nSPS) is 13.5. The van der Waals surface area contributed by atoms with Crippen LogP contribution in [0.5, 0.6) is 0 Å². The van der Waals surface area contributed by atoms with Crippen molar-refractivity contribution in [3.63, 3.8) is 0 Å². The van der Waals surface area contributed by atoms with Crippen LogP contribution < -0.4 is 5.11 Å². The van der Waals surface area contributed by atoms with E-state index in [1.165, 1.54) is 103 Å². The van der Waals surface area contributed by atoms with Crippen molar-refractivity contribution >= 4 is 11.9 Å². The maximum absolute atomic E-state index is 12.1. The summed E-state index contributed by atoms with van der Waals surface area (Å²) in [7, 11) is 5.86. The van der Waals surface area contributed by atoms with Crippen molar-refractivity contribution in [2.75, 3.05) is 27.7 Å². The van der Waals surface area contributed by atoms with Crippen LogP contribution in [-0.2, 0) is 14.3 Å². The van der Waals surface area contributed by atoms with Crippen LogP contribution in [0.3, 0.4) is 0 Å². The van der Waals surface area contributed by atoms with Crippen LogP contribution in [0.25, 0.3) is 0 Å². The van der Waals surface area contributed by atoms with Crippen molar-refractivity contribution in [3.05, 3.63) is 0 Å². The standard InChI is InChI=1S/C31H61NO4/c1-6-7-8-9-14-17-20-23-28(2)24-21-18-15-12-10-11-13-16-19-22-25-31(35)36-29(26-30(33)34)27-32(3,4)5/h28-29H,6-27H2,1-5H3. The zero-order chi connectivity index (χ0) is 27.1. The summed E-state index contributed by atoms with van der Waals surface area (Å²) < 4.78 is 5.95. The molecule has 0 aromatic rings. The number of carboxylic acids is 1. The fourth-order valence-corrected chi connectivity index (χ4v) is 4.96. The van der Waals surface area contributed by atoms with Crippen LogP contribution in [-0.4, -0.2) is 50.2 Å². The summed E-state index contributed by atoms with van der Waals surface area (Å²) >= 11 is 0. The Balaban J connectivity index is 3.52. The summed E-state index contributed by atoms with van der Waals surface area (Å²) in [5, 5.41) is 10.9. The van der Waals surface area contributed by atoms with Crippen molar-refractivity contribution in [1.82, 2.24) is 0 Å². The number of ether oxygens (including phenoxy) is 1. The second-order valence-electron chi connectivity index (χ2n) is 12.3. The largest absolute Gasteiger partial charge is 0.550 e. The molecule has 36 heavy (non-hydrogen) atoms. The highest BCUT2D eigenvalue weighted by Gasteiger charge is 2.22. The molecule has 0 saturated carbocycles. The molecule has 0 spiro atoms. The third-order valence-electron chi connectivity index (χ3n) is 7.07. The van der Waals surface area contributed by atoms with Gasteiger partial charge >= 0.3 is 5.97 Å². The number of rotatable bonds is 26. The molecule has 0 aromatic heterocycles. The molecule has 0 aliphatic rings. The van der Waals surface area contributed by atoms with Gasteiger partial charge in [0, 0.05) is 18.8 Å². The van der Waals surface area contributed by atoms with Gasteiger partial charge in [0.2, 0.25) is 0 Å². The highest BCUT2D eigenvalue weighted by Crippen LogP contribution is 2.19. The first-order chi connectivity index (χ1) is 17.1. The van der Waals surface area contributed by atoms with Gasteiger partial charge in [-0.05, 0) is 12.3 Å². The molecule has 0 radical (unpaired) electrons. The first-order valence-electron chi connectivity index (χ1n) is 15.3. The highest BCUT2D eigenvalue weighted by atomic mass is 16.5. The number of nitrogens with zero attached hydrogens (tertiary/aromatic N) is 1. The number of carboxylic acid groups (broad SMARTS) is 1. The monoisotopic (exact) mass is 511 g/mol. The number of carbonyl (C=O) groups excluding carboxylic acids is 2. The number of aliphatic carboxylic acids is 1. The van der Waals surface area contributed by atoms with Crippen molar-refractivity contribution in [2.24, 2.45) is 5.92 Å². The average molecular weight is 512 g/mol. The molecule has 5 heteroatoms. The smallest absolute Gasteiger partial charge is 0.306 e. The summed E-state index contributed by atoms with van der Waals surface area (Å²) in [4.78, 5) is 23.0. The van der Waals surface area contributed by atoms with Gasteiger partial charge in [0.1, 0.15) is 6.54 Å². The van der Waals surface area contributed by atoms with E-state index in [2.05, 4.69) is 13.8 Å². The van der Waals surface area contributed by atoms with Gasteiger partial charge < -0.3 is 19.1 Å². The van der Waals surface area contributed by atoms with Crippen LogP contribution in [0.4, 0.5) is 0 Å². The number of likely N-dealkylation sites (N-methyl/N-ethyl adjacent to an activating group) is 1. The van der Waals surface area contributed by atoms with E-state index in [9.17, 15) is 14.7 Å². The van der Waals surface area contributed by atoms with Crippen LogP contribution in [0.1, 0.15) is 149 Å². The van der Waals surface area contributed by atoms with Crippen molar-refractivity contribution in [2.45, 2.75) is 155 Å². The minimum atomic E-state index is -1.17. The molecule has 2 atom stereocenters. The van der Waals surface area contributed by atoms with Crippen LogP contribution in [0.2, 0.25) is 0 Å². The van der Waals surface area contributed by atoms with E-state index in [-0.39, 0.29) is 12.4 Å². The number of hydrogen-bond acceptors (Lipinski definition) is 4. The van der Waals surface area contributed by atoms with Crippen LogP contribution in [0.15, 0.2) is 0 Å². The predicted octanol–water partition coefficient (Wildman–Crippen LogP) is 7.20. The zero-order valence-corrected chi connectivity index (χ0v) is 24.8. The fraction of sp³-hybridized carbons (Fsp3) is 0.935. The first-order valence-corrected chi connectivity index (χ1v) is 15.3. The molecular formula is C31H61NO4. The van der Waals surface area contributed by atoms with Crippen molar-refractivity contribution in [1.29, 1.82) is 0 Å². The fourth-order valence-electron chi connectivity index (χ4n) is 4.96. The molecule has 0 fully saturated rings. The molecule has 0 saturated heterocycles. The number of hydrogen-bond donors (Lipinski definition) is 0. The molecule has 0 aromatic carbocycles. The molecule has 0 N–H and O–H groups in total. The Morgan fingerprint density at radius 3 is 1.53 bits per heavy atom. The van der Waals surface area contributed by atoms with Crippen LogP contribution in [0, 0.1) is 5.92 Å². The van der Waals surface area contributed by atoms with Crippen molar-refractivity contribution in [3.8, 4) is 0 Å². The average Bonchev–Trinajstić information content (AvgIpc) is 2.77. The molecule has 214 valence electrons. The Labute approximate surface area is 224 Å². The van der Waals surface area contributed by atoms with E-state index >= 15 is 0 Å². The third-order valence-corrected chi connectivity index (χ3v) is 7.07. The Morgan fingerprint density at radius 1 is 0.694 bits per heavy atom. The van der Waals surface area contributed by atoms with Gasteiger partial charge in [-0.3, -0.25) is 4.79 Å². The number of esters is 1. The van der Waals surface area contributed by atoms with Gasteiger partial charge in [-0.25, -0.2) is 0 Å². The summed E-state index contributed by atoms with van der Waals surface area (Å²) in [6.07, 6.45) is 24.6. The molecule has 0 aliphatic heterocycles. The molecule has 0 heterocycles. The van der Waals surface area contributed by atoms with E-state index in [0.717, 1.165) is 25.2 Å². The second-order valence-corrected chi connectivity index (χ2v) is 12.3. The van der Waals surface area contributed by atoms with Gasteiger partial charge in [0.25, 0.3) is 0 Å². The molecule has 2 unspecified atom stereocenters. The molecule has 0 bridgehead atoms. The predicted molar refractivity (Wildman–Crippen MR) is 150 cm³/mol. The Hall–Kier alpha value is -1.10. The van der Waals surface area contributed by atoms with E-state index in [1.807, 2.05) is 21.1 Å². The van der Waals surface area contributed by atoms with E-state index in [0.29, 0.717) is 17.4 Å². The quantitative estimate of drug-likeness (QED) is 0.0699. The van der Waals surface area contributed by atoms with Gasteiger partial charge in [-0.1, -0.05) is 129 Å². The minimum Gasteiger partial charge on any atom is -0.550 e. The lowest BCUT2D eigenvalue weighted by Gasteiger charge is -2.29. The number of unbranched alkanes of at least 4 members (excludes halogenated alkanes) is 15. The summed E-state index contributed by atoms with van der Waals surface area (Å²) in [5.41, 5.74) is 0.